The first kappa shape index (κ1) is 27.9. The molecular formula is C33H30N2O5S. The Morgan fingerprint density at radius 1 is 0.854 bits per heavy atom. The molecule has 0 fully saturated rings. The quantitative estimate of drug-likeness (QED) is 0.170. The first-order chi connectivity index (χ1) is 20.0. The summed E-state index contributed by atoms with van der Waals surface area (Å²) in [5, 5.41) is 12.8. The third kappa shape index (κ3) is 7.30. The Balaban J connectivity index is 1.14. The van der Waals surface area contributed by atoms with Gasteiger partial charge < -0.3 is 19.9 Å². The van der Waals surface area contributed by atoms with E-state index in [1.807, 2.05) is 78.9 Å². The molecule has 8 heteroatoms. The van der Waals surface area contributed by atoms with E-state index >= 15 is 0 Å². The van der Waals surface area contributed by atoms with Gasteiger partial charge in [-0.25, -0.2) is 0 Å². The maximum Gasteiger partial charge on any atom is 0.307 e. The first-order valence-electron chi connectivity index (χ1n) is 13.2. The van der Waals surface area contributed by atoms with Crippen molar-refractivity contribution in [3.05, 3.63) is 128 Å². The summed E-state index contributed by atoms with van der Waals surface area (Å²) in [5.41, 5.74) is 6.97. The number of ether oxygens (including phenoxy) is 2. The molecule has 4 aromatic carbocycles. The van der Waals surface area contributed by atoms with Crippen LogP contribution >= 0.6 is 11.3 Å². The highest BCUT2D eigenvalue weighted by Crippen LogP contribution is 2.25. The highest BCUT2D eigenvalue weighted by molar-refractivity contribution is 7.09. The number of aromatic nitrogens is 1. The Bertz CT molecular complexity index is 1660. The van der Waals surface area contributed by atoms with Gasteiger partial charge >= 0.3 is 4.87 Å². The topological polar surface area (TPSA) is 101 Å². The van der Waals surface area contributed by atoms with Crippen LogP contribution in [-0.2, 0) is 17.6 Å². The smallest absolute Gasteiger partial charge is 0.307 e. The molecule has 3 N–H and O–H groups in total. The van der Waals surface area contributed by atoms with E-state index in [9.17, 15) is 14.7 Å². The summed E-state index contributed by atoms with van der Waals surface area (Å²) in [5.74, 6) is 0.572. The van der Waals surface area contributed by atoms with E-state index in [4.69, 9.17) is 9.47 Å². The molecule has 208 valence electrons. The highest BCUT2D eigenvalue weighted by atomic mass is 32.1. The van der Waals surface area contributed by atoms with Crippen LogP contribution in [0.1, 0.15) is 26.4 Å². The minimum Gasteiger partial charge on any atom is -0.494 e. The lowest BCUT2D eigenvalue weighted by atomic mass is 10.00. The number of H-pyrrole nitrogens is 1. The molecule has 0 spiro atoms. The van der Waals surface area contributed by atoms with E-state index in [1.165, 1.54) is 0 Å². The van der Waals surface area contributed by atoms with Crippen molar-refractivity contribution in [1.82, 2.24) is 10.3 Å². The van der Waals surface area contributed by atoms with E-state index in [2.05, 4.69) is 28.5 Å². The molecule has 5 rings (SSSR count). The van der Waals surface area contributed by atoms with Gasteiger partial charge in [0.2, 0.25) is 5.88 Å². The Morgan fingerprint density at radius 2 is 1.51 bits per heavy atom. The number of aromatic amines is 1. The molecule has 0 bridgehead atoms. The Kier molecular flexibility index (Phi) is 8.93. The molecule has 0 aliphatic carbocycles. The summed E-state index contributed by atoms with van der Waals surface area (Å²) >= 11 is 1.02. The lowest BCUT2D eigenvalue weighted by molar-refractivity contribution is 0.0511. The van der Waals surface area contributed by atoms with Gasteiger partial charge in [-0.2, -0.15) is 0 Å². The number of benzene rings is 4. The van der Waals surface area contributed by atoms with Crippen molar-refractivity contribution in [2.24, 2.45) is 0 Å². The third-order valence-electron chi connectivity index (χ3n) is 6.66. The number of methoxy groups -OCH3 is 1. The second-order valence-corrected chi connectivity index (χ2v) is 10.6. The lowest BCUT2D eigenvalue weighted by Gasteiger charge is -2.09. The molecule has 0 saturated heterocycles. The summed E-state index contributed by atoms with van der Waals surface area (Å²) in [6.07, 6.45) is 1.20. The molecular weight excluding hydrogens is 536 g/mol. The van der Waals surface area contributed by atoms with Gasteiger partial charge in [-0.1, -0.05) is 84.1 Å². The zero-order valence-corrected chi connectivity index (χ0v) is 23.4. The molecule has 0 atom stereocenters. The van der Waals surface area contributed by atoms with E-state index in [0.717, 1.165) is 50.5 Å². The third-order valence-corrected chi connectivity index (χ3v) is 7.53. The van der Waals surface area contributed by atoms with Gasteiger partial charge in [0.25, 0.3) is 5.91 Å². The second-order valence-electron chi connectivity index (χ2n) is 9.52. The standard InChI is InChI=1S/C33H30N2O5S/c1-39-21-40-29-15-13-25(14-16-29)24-9-11-27(12-10-24)31(36)34-18-17-22-3-2-4-28(19-22)26-7-5-23(6-8-26)20-30-32(37)35-33(38)41-30/h2-16,19,37H,17-18,20-21H2,1H3,(H,34,36)(H,35,38). The number of carbonyl (C=O) groups is 1. The zero-order chi connectivity index (χ0) is 28.6. The number of rotatable bonds is 11. The minimum atomic E-state index is -0.257. The Labute approximate surface area is 242 Å². The van der Waals surface area contributed by atoms with E-state index in [0.29, 0.717) is 29.8 Å². The van der Waals surface area contributed by atoms with Crippen LogP contribution in [0.4, 0.5) is 0 Å². The van der Waals surface area contributed by atoms with Crippen LogP contribution in [0.25, 0.3) is 22.3 Å². The summed E-state index contributed by atoms with van der Waals surface area (Å²) in [6.45, 7) is 0.729. The fraction of sp³-hybridized carbons (Fsp3) is 0.152. The van der Waals surface area contributed by atoms with Crippen molar-refractivity contribution >= 4 is 17.2 Å². The number of aromatic hydroxyl groups is 1. The molecule has 5 aromatic rings. The van der Waals surface area contributed by atoms with Gasteiger partial charge in [-0.05, 0) is 64.1 Å². The molecule has 0 unspecified atom stereocenters. The molecule has 0 radical (unpaired) electrons. The normalized spacial score (nSPS) is 10.9. The van der Waals surface area contributed by atoms with E-state index < -0.39 is 0 Å². The van der Waals surface area contributed by atoms with Gasteiger partial charge in [0.1, 0.15) is 5.75 Å². The number of nitrogens with one attached hydrogen (secondary N) is 2. The minimum absolute atomic E-state index is 0.0586. The number of hydrogen-bond acceptors (Lipinski definition) is 6. The SMILES string of the molecule is COCOc1ccc(-c2ccc(C(=O)NCCc3cccc(-c4ccc(Cc5sc(=O)[nH]c5O)cc4)c3)cc2)cc1. The molecule has 7 nitrogen and oxygen atoms in total. The van der Waals surface area contributed by atoms with E-state index in [1.54, 1.807) is 7.11 Å². The van der Waals surface area contributed by atoms with Crippen molar-refractivity contribution in [3.8, 4) is 33.9 Å². The largest absolute Gasteiger partial charge is 0.494 e. The molecule has 0 saturated carbocycles. The Hall–Kier alpha value is -4.66. The lowest BCUT2D eigenvalue weighted by Crippen LogP contribution is -2.25. The van der Waals surface area contributed by atoms with Crippen LogP contribution in [0, 0.1) is 0 Å². The first-order valence-corrected chi connectivity index (χ1v) is 14.0. The van der Waals surface area contributed by atoms with Crippen LogP contribution in [0.3, 0.4) is 0 Å². The predicted octanol–water partition coefficient (Wildman–Crippen LogP) is 6.02. The molecule has 1 amide bonds. The number of hydrogen-bond donors (Lipinski definition) is 3. The number of thiazole rings is 1. The van der Waals surface area contributed by atoms with Crippen molar-refractivity contribution in [1.29, 1.82) is 0 Å². The van der Waals surface area contributed by atoms with Gasteiger partial charge in [0.15, 0.2) is 6.79 Å². The van der Waals surface area contributed by atoms with Crippen LogP contribution in [-0.4, -0.2) is 36.4 Å². The summed E-state index contributed by atoms with van der Waals surface area (Å²) in [4.78, 5) is 26.9. The van der Waals surface area contributed by atoms with Crippen molar-refractivity contribution in [3.63, 3.8) is 0 Å². The van der Waals surface area contributed by atoms with Gasteiger partial charge in [0.05, 0.1) is 4.88 Å². The molecule has 1 heterocycles. The van der Waals surface area contributed by atoms with Gasteiger partial charge in [-0.3, -0.25) is 14.6 Å². The van der Waals surface area contributed by atoms with Crippen molar-refractivity contribution in [2.45, 2.75) is 12.8 Å². The monoisotopic (exact) mass is 566 g/mol. The molecule has 1 aromatic heterocycles. The van der Waals surface area contributed by atoms with Crippen molar-refractivity contribution in [2.75, 3.05) is 20.4 Å². The fourth-order valence-electron chi connectivity index (χ4n) is 4.49. The zero-order valence-electron chi connectivity index (χ0n) is 22.6. The van der Waals surface area contributed by atoms with Crippen molar-refractivity contribution < 1.29 is 19.4 Å². The number of amides is 1. The Morgan fingerprint density at radius 3 is 2.17 bits per heavy atom. The van der Waals surface area contributed by atoms with Crippen LogP contribution in [0.2, 0.25) is 0 Å². The fourth-order valence-corrected chi connectivity index (χ4v) is 5.24. The summed E-state index contributed by atoms with van der Waals surface area (Å²) < 4.78 is 10.4. The van der Waals surface area contributed by atoms with Gasteiger partial charge in [-0.15, -0.1) is 0 Å². The van der Waals surface area contributed by atoms with Crippen LogP contribution in [0.15, 0.2) is 102 Å². The summed E-state index contributed by atoms with van der Waals surface area (Å²) in [7, 11) is 1.58. The predicted molar refractivity (Wildman–Crippen MR) is 162 cm³/mol. The maximum absolute atomic E-state index is 12.7. The molecule has 0 aliphatic rings. The highest BCUT2D eigenvalue weighted by Gasteiger charge is 2.09. The second kappa shape index (κ2) is 13.1. The van der Waals surface area contributed by atoms with E-state index in [-0.39, 0.29) is 23.5 Å². The average Bonchev–Trinajstić information content (AvgIpc) is 3.32. The number of carbonyl (C=O) groups excluding carboxylic acids is 1. The molecule has 41 heavy (non-hydrogen) atoms. The van der Waals surface area contributed by atoms with Crippen LogP contribution < -0.4 is 14.9 Å². The summed E-state index contributed by atoms with van der Waals surface area (Å²) in [6, 6.07) is 31.6. The molecule has 0 aliphatic heterocycles. The average molecular weight is 567 g/mol. The van der Waals surface area contributed by atoms with Crippen LogP contribution in [0.5, 0.6) is 11.6 Å². The van der Waals surface area contributed by atoms with Gasteiger partial charge in [0, 0.05) is 25.6 Å². The maximum atomic E-state index is 12.7.